The number of alkyl halides is 2. The highest BCUT2D eigenvalue weighted by Gasteiger charge is 2.45. The van der Waals surface area contributed by atoms with Crippen molar-refractivity contribution in [1.29, 1.82) is 0 Å². The normalized spacial score (nSPS) is 30.4. The molecular formula is C27H27F7O2. The van der Waals surface area contributed by atoms with Gasteiger partial charge >= 0.3 is 6.11 Å². The average molecular weight is 516 g/mol. The van der Waals surface area contributed by atoms with Gasteiger partial charge in [0.2, 0.25) is 0 Å². The molecule has 1 aliphatic heterocycles. The smallest absolute Gasteiger partial charge is 0.429 e. The summed E-state index contributed by atoms with van der Waals surface area (Å²) in [4.78, 5) is 0. The first kappa shape index (κ1) is 25.4. The highest BCUT2D eigenvalue weighted by Crippen LogP contribution is 2.51. The Bertz CT molecular complexity index is 1070. The van der Waals surface area contributed by atoms with E-state index in [1.807, 2.05) is 0 Å². The van der Waals surface area contributed by atoms with Gasteiger partial charge in [0, 0.05) is 18.1 Å². The van der Waals surface area contributed by atoms with Gasteiger partial charge in [-0.25, -0.2) is 22.0 Å². The quantitative estimate of drug-likeness (QED) is 0.298. The van der Waals surface area contributed by atoms with Gasteiger partial charge in [-0.1, -0.05) is 6.92 Å². The molecule has 2 saturated carbocycles. The molecule has 3 fully saturated rings. The first-order valence-electron chi connectivity index (χ1n) is 12.3. The lowest BCUT2D eigenvalue weighted by Gasteiger charge is -2.33. The van der Waals surface area contributed by atoms with Crippen LogP contribution in [0.4, 0.5) is 30.7 Å². The molecule has 0 N–H and O–H groups in total. The summed E-state index contributed by atoms with van der Waals surface area (Å²) in [5, 5.41) is 0. The van der Waals surface area contributed by atoms with Crippen molar-refractivity contribution in [2.75, 3.05) is 6.61 Å². The molecule has 2 aliphatic carbocycles. The molecule has 4 atom stereocenters. The van der Waals surface area contributed by atoms with Crippen molar-refractivity contribution in [3.05, 3.63) is 64.5 Å². The number of hydrogen-bond acceptors (Lipinski definition) is 2. The van der Waals surface area contributed by atoms with Crippen LogP contribution in [0.15, 0.2) is 24.3 Å². The number of benzene rings is 2. The summed E-state index contributed by atoms with van der Waals surface area (Å²) in [6, 6.07) is 1.98. The van der Waals surface area contributed by atoms with Crippen molar-refractivity contribution < 1.29 is 40.2 Å². The zero-order chi connectivity index (χ0) is 25.8. The molecular weight excluding hydrogens is 489 g/mol. The van der Waals surface area contributed by atoms with Gasteiger partial charge in [0.1, 0.15) is 22.9 Å². The van der Waals surface area contributed by atoms with E-state index in [2.05, 4.69) is 11.7 Å². The van der Waals surface area contributed by atoms with Gasteiger partial charge < -0.3 is 9.47 Å². The molecule has 0 radical (unpaired) electrons. The predicted molar refractivity (Wildman–Crippen MR) is 117 cm³/mol. The Balaban J connectivity index is 1.26. The number of halogens is 7. The minimum atomic E-state index is -4.60. The second-order valence-corrected chi connectivity index (χ2v) is 10.7. The molecule has 0 bridgehead atoms. The molecule has 1 saturated heterocycles. The third-order valence-electron chi connectivity index (χ3n) is 8.16. The lowest BCUT2D eigenvalue weighted by atomic mass is 9.85. The molecule has 0 aromatic heterocycles. The van der Waals surface area contributed by atoms with Crippen molar-refractivity contribution >= 4 is 0 Å². The predicted octanol–water partition coefficient (Wildman–Crippen LogP) is 7.85. The topological polar surface area (TPSA) is 18.5 Å². The van der Waals surface area contributed by atoms with Crippen molar-refractivity contribution in [2.24, 2.45) is 23.7 Å². The van der Waals surface area contributed by atoms with E-state index < -0.39 is 46.5 Å². The van der Waals surface area contributed by atoms with Crippen LogP contribution in [0.2, 0.25) is 0 Å². The van der Waals surface area contributed by atoms with Gasteiger partial charge in [-0.3, -0.25) is 0 Å². The summed E-state index contributed by atoms with van der Waals surface area (Å²) in [7, 11) is 0. The Morgan fingerprint density at radius 2 is 1.36 bits per heavy atom. The second kappa shape index (κ2) is 9.54. The van der Waals surface area contributed by atoms with E-state index in [0.29, 0.717) is 12.3 Å². The maximum absolute atomic E-state index is 14.7. The Kier molecular flexibility index (Phi) is 6.72. The number of hydrogen-bond donors (Lipinski definition) is 0. The number of rotatable bonds is 5. The largest absolute Gasteiger partial charge is 0.432 e. The maximum Gasteiger partial charge on any atom is 0.432 e. The van der Waals surface area contributed by atoms with Crippen LogP contribution in [0, 0.1) is 52.8 Å². The third-order valence-corrected chi connectivity index (χ3v) is 8.16. The highest BCUT2D eigenvalue weighted by atomic mass is 19.3. The van der Waals surface area contributed by atoms with E-state index in [0.717, 1.165) is 49.1 Å². The molecule has 3 aliphatic rings. The summed E-state index contributed by atoms with van der Waals surface area (Å²) in [6.45, 7) is 2.54. The number of ether oxygens (including phenoxy) is 2. The van der Waals surface area contributed by atoms with Crippen molar-refractivity contribution in [1.82, 2.24) is 0 Å². The average Bonchev–Trinajstić information content (AvgIpc) is 3.34. The van der Waals surface area contributed by atoms with E-state index in [9.17, 15) is 30.7 Å². The Morgan fingerprint density at radius 1 is 0.778 bits per heavy atom. The summed E-state index contributed by atoms with van der Waals surface area (Å²) in [5.74, 6) is -7.23. The van der Waals surface area contributed by atoms with Crippen LogP contribution in [-0.2, 0) is 10.8 Å². The fourth-order valence-electron chi connectivity index (χ4n) is 6.57. The van der Waals surface area contributed by atoms with Gasteiger partial charge in [-0.2, -0.15) is 8.78 Å². The van der Waals surface area contributed by atoms with Crippen LogP contribution in [0.3, 0.4) is 0 Å². The Hall–Kier alpha value is -2.29. The zero-order valence-electron chi connectivity index (χ0n) is 19.7. The van der Waals surface area contributed by atoms with Gasteiger partial charge in [-0.05, 0) is 79.9 Å². The fraction of sp³-hybridized carbons (Fsp3) is 0.556. The van der Waals surface area contributed by atoms with E-state index in [1.54, 1.807) is 0 Å². The summed E-state index contributed by atoms with van der Waals surface area (Å²) >= 11 is 0. The van der Waals surface area contributed by atoms with Crippen molar-refractivity contribution in [3.63, 3.8) is 0 Å². The monoisotopic (exact) mass is 516 g/mol. The minimum Gasteiger partial charge on any atom is -0.429 e. The molecule has 5 rings (SSSR count). The molecule has 2 aromatic carbocycles. The molecule has 196 valence electrons. The zero-order valence-corrected chi connectivity index (χ0v) is 19.7. The maximum atomic E-state index is 14.7. The van der Waals surface area contributed by atoms with Gasteiger partial charge in [0.05, 0.1) is 12.7 Å². The van der Waals surface area contributed by atoms with E-state index in [-0.39, 0.29) is 36.3 Å². The first-order chi connectivity index (χ1) is 17.0. The standard InChI is InChI=1S/C27H27F7O2/c1-13-4-15-6-18(7-16(15)5-13)24-3-2-14(12-35-24)17-8-20(28)25(21(29)9-17)27(33,34)36-19-10-22(30)26(32)23(31)11-19/h8-11,13-16,18,24H,2-7,12H2,1H3. The van der Waals surface area contributed by atoms with E-state index >= 15 is 0 Å². The van der Waals surface area contributed by atoms with Gasteiger partial charge in [0.25, 0.3) is 0 Å². The SMILES string of the molecule is CC1CC2CC(C3CCC(c4cc(F)c(C(F)(F)Oc5cc(F)c(F)c(F)c5)c(F)c4)CO3)CC2C1. The summed E-state index contributed by atoms with van der Waals surface area (Å²) in [6.07, 6.45) is 1.68. The Morgan fingerprint density at radius 3 is 1.89 bits per heavy atom. The molecule has 2 aromatic rings. The van der Waals surface area contributed by atoms with Crippen molar-refractivity contribution in [3.8, 4) is 5.75 Å². The van der Waals surface area contributed by atoms with Crippen LogP contribution < -0.4 is 4.74 Å². The second-order valence-electron chi connectivity index (χ2n) is 10.7. The van der Waals surface area contributed by atoms with Crippen LogP contribution in [-0.4, -0.2) is 12.7 Å². The van der Waals surface area contributed by atoms with Gasteiger partial charge in [-0.15, -0.1) is 0 Å². The van der Waals surface area contributed by atoms with Gasteiger partial charge in [0.15, 0.2) is 17.5 Å². The lowest BCUT2D eigenvalue weighted by Crippen LogP contribution is -2.31. The summed E-state index contributed by atoms with van der Waals surface area (Å²) in [5.41, 5.74) is -1.50. The molecule has 4 unspecified atom stereocenters. The molecule has 0 amide bonds. The van der Waals surface area contributed by atoms with Crippen LogP contribution in [0.5, 0.6) is 5.75 Å². The van der Waals surface area contributed by atoms with Crippen LogP contribution >= 0.6 is 0 Å². The molecule has 2 nitrogen and oxygen atoms in total. The third kappa shape index (κ3) is 4.83. The minimum absolute atomic E-state index is 0.102. The lowest BCUT2D eigenvalue weighted by molar-refractivity contribution is -0.189. The van der Waals surface area contributed by atoms with Crippen LogP contribution in [0.1, 0.15) is 62.5 Å². The fourth-order valence-corrected chi connectivity index (χ4v) is 6.57. The first-order valence-corrected chi connectivity index (χ1v) is 12.3. The Labute approximate surface area is 204 Å². The molecule has 1 heterocycles. The number of fused-ring (bicyclic) bond motifs is 1. The highest BCUT2D eigenvalue weighted by molar-refractivity contribution is 5.33. The molecule has 9 heteroatoms. The van der Waals surface area contributed by atoms with Crippen LogP contribution in [0.25, 0.3) is 0 Å². The summed E-state index contributed by atoms with van der Waals surface area (Å²) < 4.78 is 109. The van der Waals surface area contributed by atoms with E-state index in [4.69, 9.17) is 4.74 Å². The van der Waals surface area contributed by atoms with Crippen molar-refractivity contribution in [2.45, 2.75) is 63.6 Å². The van der Waals surface area contributed by atoms with E-state index in [1.165, 1.54) is 12.8 Å². The molecule has 36 heavy (non-hydrogen) atoms. The molecule has 0 spiro atoms.